The van der Waals surface area contributed by atoms with Crippen molar-refractivity contribution in [3.63, 3.8) is 0 Å². The zero-order valence-corrected chi connectivity index (χ0v) is 11.9. The number of nitrogens with one attached hydrogen (secondary N) is 1. The number of alkyl carbamates (subject to hydrolysis) is 1. The summed E-state index contributed by atoms with van der Waals surface area (Å²) < 4.78 is 5.09. The van der Waals surface area contributed by atoms with Crippen LogP contribution in [0, 0.1) is 0 Å². The smallest absolute Gasteiger partial charge is 0.408 e. The predicted octanol–water partition coefficient (Wildman–Crippen LogP) is 2.64. The molecule has 0 rings (SSSR count). The molecule has 0 saturated heterocycles. The fraction of sp³-hybridized carbons (Fsp3) is 0.818. The van der Waals surface area contributed by atoms with E-state index < -0.39 is 17.7 Å². The highest BCUT2D eigenvalue weighted by Gasteiger charge is 2.22. The van der Waals surface area contributed by atoms with Crippen LogP contribution in [-0.2, 0) is 9.53 Å². The Labute approximate surface area is 105 Å². The van der Waals surface area contributed by atoms with E-state index in [4.69, 9.17) is 4.74 Å². The first kappa shape index (κ1) is 15.4. The van der Waals surface area contributed by atoms with Gasteiger partial charge in [-0.2, -0.15) is 0 Å². The van der Waals surface area contributed by atoms with Gasteiger partial charge in [-0.15, -0.1) is 0 Å². The van der Waals surface area contributed by atoms with Crippen molar-refractivity contribution in [1.82, 2.24) is 5.32 Å². The number of carbonyl (C=O) groups excluding carboxylic acids is 2. The number of amides is 1. The van der Waals surface area contributed by atoms with E-state index in [0.717, 1.165) is 6.42 Å². The van der Waals surface area contributed by atoms with Gasteiger partial charge in [0.15, 0.2) is 5.78 Å². The molecule has 0 aliphatic rings. The molecule has 1 amide bonds. The Balaban J connectivity index is 4.29. The molecule has 0 aromatic rings. The van der Waals surface area contributed by atoms with Gasteiger partial charge in [-0.05, 0) is 27.2 Å². The van der Waals surface area contributed by atoms with Crippen molar-refractivity contribution >= 4 is 27.8 Å². The van der Waals surface area contributed by atoms with Gasteiger partial charge >= 0.3 is 6.09 Å². The van der Waals surface area contributed by atoms with E-state index in [2.05, 4.69) is 21.2 Å². The van der Waals surface area contributed by atoms with Crippen LogP contribution < -0.4 is 5.32 Å². The van der Waals surface area contributed by atoms with E-state index >= 15 is 0 Å². The Morgan fingerprint density at radius 2 is 1.94 bits per heavy atom. The van der Waals surface area contributed by atoms with E-state index in [1.807, 2.05) is 6.92 Å². The zero-order valence-electron chi connectivity index (χ0n) is 10.3. The molecular weight excluding hydrogens is 274 g/mol. The van der Waals surface area contributed by atoms with Crippen molar-refractivity contribution in [1.29, 1.82) is 0 Å². The lowest BCUT2D eigenvalue weighted by Gasteiger charge is -2.22. The zero-order chi connectivity index (χ0) is 12.8. The third-order valence-corrected chi connectivity index (χ3v) is 2.34. The van der Waals surface area contributed by atoms with Gasteiger partial charge in [-0.25, -0.2) is 4.79 Å². The maximum Gasteiger partial charge on any atom is 0.408 e. The summed E-state index contributed by atoms with van der Waals surface area (Å²) >= 11 is 3.10. The Morgan fingerprint density at radius 1 is 1.38 bits per heavy atom. The first-order valence-electron chi connectivity index (χ1n) is 5.38. The van der Waals surface area contributed by atoms with Gasteiger partial charge in [0.2, 0.25) is 0 Å². The minimum atomic E-state index is -0.543. The third kappa shape index (κ3) is 6.82. The monoisotopic (exact) mass is 293 g/mol. The first-order chi connectivity index (χ1) is 7.30. The molecule has 0 bridgehead atoms. The highest BCUT2D eigenvalue weighted by atomic mass is 79.9. The summed E-state index contributed by atoms with van der Waals surface area (Å²) in [6.45, 7) is 7.32. The van der Waals surface area contributed by atoms with Crippen LogP contribution in [0.5, 0.6) is 0 Å². The standard InChI is InChI=1S/C11H20BrNO3/c1-5-6-8(9(14)7-12)13-10(15)16-11(2,3)4/h8H,5-7H2,1-4H3,(H,13,15)/t8-/m1/s1. The Hall–Kier alpha value is -0.580. The minimum Gasteiger partial charge on any atom is -0.444 e. The molecule has 0 saturated carbocycles. The summed E-state index contributed by atoms with van der Waals surface area (Å²) in [7, 11) is 0. The molecule has 0 fully saturated rings. The molecular formula is C11H20BrNO3. The van der Waals surface area contributed by atoms with Crippen LogP contribution in [0.2, 0.25) is 0 Å². The van der Waals surface area contributed by atoms with Crippen LogP contribution >= 0.6 is 15.9 Å². The SMILES string of the molecule is CCC[C@@H](NC(=O)OC(C)(C)C)C(=O)CBr. The molecule has 0 unspecified atom stereocenters. The molecule has 1 N–H and O–H groups in total. The van der Waals surface area contributed by atoms with E-state index in [0.29, 0.717) is 6.42 Å². The highest BCUT2D eigenvalue weighted by molar-refractivity contribution is 9.09. The maximum atomic E-state index is 11.5. The van der Waals surface area contributed by atoms with Crippen LogP contribution in [0.1, 0.15) is 40.5 Å². The summed E-state index contributed by atoms with van der Waals surface area (Å²) in [5, 5.41) is 2.83. The fourth-order valence-electron chi connectivity index (χ4n) is 1.15. The van der Waals surface area contributed by atoms with Gasteiger partial charge in [0.05, 0.1) is 11.4 Å². The number of ketones is 1. The highest BCUT2D eigenvalue weighted by Crippen LogP contribution is 2.08. The summed E-state index contributed by atoms with van der Waals surface area (Å²) in [5.74, 6) is -0.0345. The fourth-order valence-corrected chi connectivity index (χ4v) is 1.54. The Morgan fingerprint density at radius 3 is 2.31 bits per heavy atom. The van der Waals surface area contributed by atoms with Crippen LogP contribution in [0.4, 0.5) is 4.79 Å². The van der Waals surface area contributed by atoms with Gasteiger partial charge in [-0.1, -0.05) is 29.3 Å². The van der Waals surface area contributed by atoms with Gasteiger partial charge in [0, 0.05) is 0 Å². The average Bonchev–Trinajstić information content (AvgIpc) is 2.13. The number of hydrogen-bond acceptors (Lipinski definition) is 3. The lowest BCUT2D eigenvalue weighted by molar-refractivity contribution is -0.118. The number of rotatable bonds is 5. The van der Waals surface area contributed by atoms with Gasteiger partial charge in [-0.3, -0.25) is 4.79 Å². The quantitative estimate of drug-likeness (QED) is 0.793. The number of halogens is 1. The average molecular weight is 294 g/mol. The number of hydrogen-bond donors (Lipinski definition) is 1. The van der Waals surface area contributed by atoms with E-state index in [-0.39, 0.29) is 11.1 Å². The summed E-state index contributed by atoms with van der Waals surface area (Å²) in [4.78, 5) is 22.9. The predicted molar refractivity (Wildman–Crippen MR) is 66.9 cm³/mol. The molecule has 16 heavy (non-hydrogen) atoms. The number of carbonyl (C=O) groups is 2. The van der Waals surface area contributed by atoms with Crippen molar-refractivity contribution in [2.45, 2.75) is 52.2 Å². The molecule has 0 aromatic carbocycles. The number of ether oxygens (including phenoxy) is 1. The second-order valence-corrected chi connectivity index (χ2v) is 5.15. The second kappa shape index (κ2) is 6.89. The first-order valence-corrected chi connectivity index (χ1v) is 6.50. The largest absolute Gasteiger partial charge is 0.444 e. The van der Waals surface area contributed by atoms with Crippen LogP contribution in [0.3, 0.4) is 0 Å². The molecule has 0 heterocycles. The third-order valence-electron chi connectivity index (χ3n) is 1.79. The van der Waals surface area contributed by atoms with E-state index in [9.17, 15) is 9.59 Å². The Kier molecular flexibility index (Phi) is 6.64. The summed E-state index contributed by atoms with van der Waals surface area (Å²) in [6, 6.07) is -0.459. The van der Waals surface area contributed by atoms with Gasteiger partial charge in [0.1, 0.15) is 5.60 Å². The molecule has 4 nitrogen and oxygen atoms in total. The molecule has 0 spiro atoms. The lowest BCUT2D eigenvalue weighted by Crippen LogP contribution is -2.43. The minimum absolute atomic E-state index is 0.0345. The molecule has 1 atom stereocenters. The maximum absolute atomic E-state index is 11.5. The summed E-state index contributed by atoms with van der Waals surface area (Å²) in [5.41, 5.74) is -0.543. The molecule has 0 radical (unpaired) electrons. The Bertz CT molecular complexity index is 248. The van der Waals surface area contributed by atoms with Crippen molar-refractivity contribution in [3.8, 4) is 0 Å². The van der Waals surface area contributed by atoms with Crippen molar-refractivity contribution < 1.29 is 14.3 Å². The molecule has 5 heteroatoms. The van der Waals surface area contributed by atoms with Crippen molar-refractivity contribution in [3.05, 3.63) is 0 Å². The van der Waals surface area contributed by atoms with Crippen molar-refractivity contribution in [2.75, 3.05) is 5.33 Å². The van der Waals surface area contributed by atoms with Gasteiger partial charge < -0.3 is 10.1 Å². The number of Topliss-reactive ketones (excluding diaryl/α,β-unsaturated/α-hetero) is 1. The molecule has 0 aliphatic heterocycles. The normalized spacial score (nSPS) is 13.1. The van der Waals surface area contributed by atoms with Crippen LogP contribution in [-0.4, -0.2) is 28.8 Å². The van der Waals surface area contributed by atoms with Crippen LogP contribution in [0.25, 0.3) is 0 Å². The van der Waals surface area contributed by atoms with E-state index in [1.54, 1.807) is 20.8 Å². The topological polar surface area (TPSA) is 55.4 Å². The van der Waals surface area contributed by atoms with Crippen LogP contribution in [0.15, 0.2) is 0 Å². The molecule has 94 valence electrons. The molecule has 0 aliphatic carbocycles. The number of alkyl halides is 1. The lowest BCUT2D eigenvalue weighted by atomic mass is 10.1. The van der Waals surface area contributed by atoms with E-state index in [1.165, 1.54) is 0 Å². The van der Waals surface area contributed by atoms with Gasteiger partial charge in [0.25, 0.3) is 0 Å². The second-order valence-electron chi connectivity index (χ2n) is 4.59. The van der Waals surface area contributed by atoms with Crippen molar-refractivity contribution in [2.24, 2.45) is 0 Å². The summed E-state index contributed by atoms with van der Waals surface area (Å²) in [6.07, 6.45) is 0.920. The molecule has 0 aromatic heterocycles.